The number of nitrogens with zero attached hydrogens (tertiary/aromatic N) is 1. The van der Waals surface area contributed by atoms with E-state index in [1.54, 1.807) is 14.2 Å². The van der Waals surface area contributed by atoms with Crippen molar-refractivity contribution >= 4 is 40.5 Å². The first-order valence-corrected chi connectivity index (χ1v) is 14.0. The van der Waals surface area contributed by atoms with Crippen LogP contribution < -0.4 is 14.4 Å². The quantitative estimate of drug-likeness (QED) is 0.275. The van der Waals surface area contributed by atoms with Crippen molar-refractivity contribution in [2.24, 2.45) is 11.8 Å². The number of halogens is 3. The van der Waals surface area contributed by atoms with Gasteiger partial charge < -0.3 is 19.5 Å². The third-order valence-corrected chi connectivity index (χ3v) is 8.44. The van der Waals surface area contributed by atoms with Crippen LogP contribution in [0.3, 0.4) is 0 Å². The van der Waals surface area contributed by atoms with Gasteiger partial charge >= 0.3 is 0 Å². The molecular weight excluding hydrogens is 529 g/mol. The summed E-state index contributed by atoms with van der Waals surface area (Å²) in [6.45, 7) is 8.77. The number of hydrogen-bond acceptors (Lipinski definition) is 4. The number of para-hydroxylation sites is 1. The molecule has 0 saturated heterocycles. The molecule has 4 nitrogen and oxygen atoms in total. The molecule has 2 aromatic rings. The summed E-state index contributed by atoms with van der Waals surface area (Å²) >= 11 is 20.4. The van der Waals surface area contributed by atoms with Crippen molar-refractivity contribution in [3.8, 4) is 11.5 Å². The maximum atomic E-state index is 9.79. The lowest BCUT2D eigenvalue weighted by Gasteiger charge is -2.39. The first kappa shape index (κ1) is 29.7. The Morgan fingerprint density at radius 3 is 2.32 bits per heavy atom. The molecule has 0 amide bonds. The second-order valence-corrected chi connectivity index (χ2v) is 10.9. The zero-order chi connectivity index (χ0) is 27.3. The minimum atomic E-state index is -0.0617. The van der Waals surface area contributed by atoms with Crippen LogP contribution in [0.5, 0.6) is 11.5 Å². The zero-order valence-corrected chi connectivity index (χ0v) is 24.8. The van der Waals surface area contributed by atoms with E-state index < -0.39 is 0 Å². The van der Waals surface area contributed by atoms with Gasteiger partial charge in [0.05, 0.1) is 24.9 Å². The number of hydrogen-bond donors (Lipinski definition) is 1. The maximum absolute atomic E-state index is 9.79. The third kappa shape index (κ3) is 6.09. The summed E-state index contributed by atoms with van der Waals surface area (Å²) in [5.41, 5.74) is 5.29. The molecule has 0 bridgehead atoms. The molecule has 1 N–H and O–H groups in total. The molecule has 0 fully saturated rings. The number of anilines is 1. The lowest BCUT2D eigenvalue weighted by molar-refractivity contribution is 0.270. The number of aliphatic hydroxyl groups excluding tert-OH is 1. The summed E-state index contributed by atoms with van der Waals surface area (Å²) in [6, 6.07) is 11.9. The average Bonchev–Trinajstić information content (AvgIpc) is 2.90. The van der Waals surface area contributed by atoms with Crippen LogP contribution in [0.15, 0.2) is 57.9 Å². The smallest absolute Gasteiger partial charge is 0.164 e. The summed E-state index contributed by atoms with van der Waals surface area (Å²) in [5.74, 6) is 1.65. The fourth-order valence-corrected chi connectivity index (χ4v) is 6.00. The Hall–Kier alpha value is -1.85. The summed E-state index contributed by atoms with van der Waals surface area (Å²) in [7, 11) is 3.32. The molecule has 0 aliphatic carbocycles. The Morgan fingerprint density at radius 1 is 1.00 bits per heavy atom. The number of benzene rings is 2. The first-order valence-electron chi connectivity index (χ1n) is 12.9. The molecule has 2 aromatic carbocycles. The van der Waals surface area contributed by atoms with Gasteiger partial charge in [-0.05, 0) is 60.1 Å². The predicted octanol–water partition coefficient (Wildman–Crippen LogP) is 9.07. The number of allylic oxidation sites excluding steroid dienone is 3. The lowest BCUT2D eigenvalue weighted by Crippen LogP contribution is -2.31. The Kier molecular flexibility index (Phi) is 10.7. The lowest BCUT2D eigenvalue weighted by atomic mass is 9.78. The first-order chi connectivity index (χ1) is 17.7. The van der Waals surface area contributed by atoms with E-state index >= 15 is 0 Å². The molecule has 202 valence electrons. The van der Waals surface area contributed by atoms with E-state index in [0.717, 1.165) is 35.4 Å². The highest BCUT2D eigenvalue weighted by atomic mass is 35.5. The van der Waals surface area contributed by atoms with E-state index in [0.29, 0.717) is 39.6 Å². The van der Waals surface area contributed by atoms with Crippen molar-refractivity contribution in [1.82, 2.24) is 0 Å². The summed E-state index contributed by atoms with van der Waals surface area (Å²) in [6.07, 6.45) is 3.01. The molecular formula is C30H38Cl3NO3. The largest absolute Gasteiger partial charge is 0.493 e. The topological polar surface area (TPSA) is 41.9 Å². The minimum Gasteiger partial charge on any atom is -0.493 e. The number of methoxy groups -OCH3 is 2. The molecule has 3 atom stereocenters. The molecule has 0 aromatic heterocycles. The number of aliphatic hydroxyl groups is 1. The van der Waals surface area contributed by atoms with Crippen molar-refractivity contribution in [2.45, 2.75) is 59.3 Å². The van der Waals surface area contributed by atoms with Crippen LogP contribution in [0.1, 0.15) is 70.4 Å². The fraction of sp³-hybridized carbons (Fsp3) is 0.467. The van der Waals surface area contributed by atoms with E-state index in [4.69, 9.17) is 44.3 Å². The van der Waals surface area contributed by atoms with Crippen LogP contribution in [0.4, 0.5) is 5.69 Å². The Bertz CT molecular complexity index is 1160. The van der Waals surface area contributed by atoms with E-state index in [1.165, 1.54) is 5.57 Å². The van der Waals surface area contributed by atoms with E-state index in [2.05, 4.69) is 38.7 Å². The molecule has 0 radical (unpaired) electrons. The second kappa shape index (κ2) is 13.3. The van der Waals surface area contributed by atoms with Gasteiger partial charge in [-0.25, -0.2) is 0 Å². The van der Waals surface area contributed by atoms with Crippen molar-refractivity contribution in [2.75, 3.05) is 25.7 Å². The van der Waals surface area contributed by atoms with Gasteiger partial charge in [-0.15, -0.1) is 0 Å². The zero-order valence-electron chi connectivity index (χ0n) is 22.6. The van der Waals surface area contributed by atoms with E-state index in [9.17, 15) is 5.11 Å². The molecule has 1 aliphatic rings. The molecule has 1 heterocycles. The fourth-order valence-electron chi connectivity index (χ4n) is 5.33. The highest BCUT2D eigenvalue weighted by Gasteiger charge is 2.34. The predicted molar refractivity (Wildman–Crippen MR) is 156 cm³/mol. The highest BCUT2D eigenvalue weighted by molar-refractivity contribution is 6.40. The molecule has 37 heavy (non-hydrogen) atoms. The van der Waals surface area contributed by atoms with Gasteiger partial charge in [0.1, 0.15) is 5.16 Å². The molecule has 7 heteroatoms. The van der Waals surface area contributed by atoms with E-state index in [-0.39, 0.29) is 24.4 Å². The molecule has 3 rings (SSSR count). The van der Waals surface area contributed by atoms with Gasteiger partial charge in [0.15, 0.2) is 11.5 Å². The van der Waals surface area contributed by atoms with Crippen LogP contribution in [0.25, 0.3) is 0 Å². The van der Waals surface area contributed by atoms with E-state index in [1.807, 2.05) is 30.3 Å². The summed E-state index contributed by atoms with van der Waals surface area (Å²) < 4.78 is 11.5. The van der Waals surface area contributed by atoms with Gasteiger partial charge in [-0.1, -0.05) is 81.1 Å². The van der Waals surface area contributed by atoms with Crippen LogP contribution in [-0.4, -0.2) is 25.9 Å². The van der Waals surface area contributed by atoms with Crippen LogP contribution in [0, 0.1) is 11.8 Å². The maximum Gasteiger partial charge on any atom is 0.164 e. The van der Waals surface area contributed by atoms with Crippen LogP contribution in [0.2, 0.25) is 5.02 Å². The Labute approximate surface area is 236 Å². The van der Waals surface area contributed by atoms with Gasteiger partial charge in [0, 0.05) is 35.2 Å². The van der Waals surface area contributed by atoms with Gasteiger partial charge in [-0.3, -0.25) is 0 Å². The van der Waals surface area contributed by atoms with Crippen LogP contribution >= 0.6 is 34.8 Å². The van der Waals surface area contributed by atoms with Crippen molar-refractivity contribution < 1.29 is 14.6 Å². The van der Waals surface area contributed by atoms with Gasteiger partial charge in [0.25, 0.3) is 0 Å². The second-order valence-electron chi connectivity index (χ2n) is 9.61. The van der Waals surface area contributed by atoms with Crippen molar-refractivity contribution in [3.05, 3.63) is 74.0 Å². The monoisotopic (exact) mass is 565 g/mol. The number of ether oxygens (including phenoxy) is 2. The Morgan fingerprint density at radius 2 is 1.73 bits per heavy atom. The number of rotatable bonds is 11. The Balaban J connectivity index is 2.36. The third-order valence-electron chi connectivity index (χ3n) is 7.39. The van der Waals surface area contributed by atoms with Crippen molar-refractivity contribution in [3.63, 3.8) is 0 Å². The molecule has 0 saturated carbocycles. The summed E-state index contributed by atoms with van der Waals surface area (Å²) in [4.78, 5) is 2.08. The van der Waals surface area contributed by atoms with Gasteiger partial charge in [-0.2, -0.15) is 0 Å². The molecule has 3 unspecified atom stereocenters. The normalized spacial score (nSPS) is 16.6. The highest BCUT2D eigenvalue weighted by Crippen LogP contribution is 2.50. The summed E-state index contributed by atoms with van der Waals surface area (Å²) in [5, 5.41) is 11.5. The SMILES string of the molecule is CCC1=C(C(C)CCO)N(c2ccc(Cl)cc2C(c2cccc(OC)c2OC)C(C)CC)C(Cl)=C(Cl)C1. The molecule has 1 aliphatic heterocycles. The van der Waals surface area contributed by atoms with Crippen molar-refractivity contribution in [1.29, 1.82) is 0 Å². The van der Waals surface area contributed by atoms with Crippen LogP contribution in [-0.2, 0) is 0 Å². The van der Waals surface area contributed by atoms with Gasteiger partial charge in [0.2, 0.25) is 0 Å². The molecule has 0 spiro atoms. The average molecular weight is 567 g/mol. The minimum absolute atomic E-state index is 0.0617. The standard InChI is InChI=1S/C30H38Cl3NO3/c1-7-18(3)27(22-10-9-11-26(36-5)29(22)37-6)23-17-21(31)12-13-25(23)34-28(19(4)14-15-35)20(8-2)16-24(32)30(34)33/h9-13,17-19,27,35H,7-8,14-16H2,1-6H3.